The molecule has 0 unspecified atom stereocenters. The van der Waals surface area contributed by atoms with Gasteiger partial charge in [0, 0.05) is 26.8 Å². The summed E-state index contributed by atoms with van der Waals surface area (Å²) in [4.78, 5) is 3.49. The zero-order valence-corrected chi connectivity index (χ0v) is 18.3. The molecule has 0 spiro atoms. The quantitative estimate of drug-likeness (QED) is 0.276. The predicted octanol–water partition coefficient (Wildman–Crippen LogP) is 9.22. The number of hydrogen-bond donors (Lipinski definition) is 1. The first kappa shape index (κ1) is 21.2. The summed E-state index contributed by atoms with van der Waals surface area (Å²) in [5.74, 6) is 0. The number of rotatable bonds is 13. The molecule has 0 atom stereocenters. The van der Waals surface area contributed by atoms with E-state index in [0.29, 0.717) is 0 Å². The fraction of sp³-hybridized carbons (Fsp3) is 0.538. The highest BCUT2D eigenvalue weighted by Crippen LogP contribution is 2.29. The number of fused-ring (bicyclic) bond motifs is 3. The van der Waals surface area contributed by atoms with Crippen LogP contribution in [0.3, 0.4) is 0 Å². The second-order valence-corrected chi connectivity index (χ2v) is 8.77. The van der Waals surface area contributed by atoms with Gasteiger partial charge in [0.2, 0.25) is 0 Å². The van der Waals surface area contributed by atoms with E-state index in [0.717, 1.165) is 5.02 Å². The van der Waals surface area contributed by atoms with Gasteiger partial charge in [0.05, 0.1) is 0 Å². The lowest BCUT2D eigenvalue weighted by molar-refractivity contribution is 0.544. The molecular formula is C26H36ClN. The number of aromatic nitrogens is 1. The number of aryl methyl sites for hydroxylation is 1. The van der Waals surface area contributed by atoms with Crippen LogP contribution in [0.4, 0.5) is 0 Å². The van der Waals surface area contributed by atoms with E-state index in [1.54, 1.807) is 0 Å². The molecule has 0 radical (unpaired) electrons. The zero-order chi connectivity index (χ0) is 19.6. The molecule has 1 N–H and O–H groups in total. The molecule has 0 saturated carbocycles. The molecule has 2 heteroatoms. The maximum absolute atomic E-state index is 6.19. The van der Waals surface area contributed by atoms with Gasteiger partial charge in [-0.3, -0.25) is 0 Å². The summed E-state index contributed by atoms with van der Waals surface area (Å²) in [5.41, 5.74) is 3.82. The molecule has 0 aliphatic rings. The topological polar surface area (TPSA) is 15.8 Å². The molecule has 0 amide bonds. The molecule has 1 nitrogen and oxygen atoms in total. The van der Waals surface area contributed by atoms with E-state index < -0.39 is 0 Å². The molecule has 3 rings (SSSR count). The smallest absolute Gasteiger partial charge is 0.0465 e. The molecule has 1 aromatic heterocycles. The SMILES string of the molecule is CCCCCCCCCCCCCCc1ccc2[nH]c3ccc(Cl)cc3c2c1. The van der Waals surface area contributed by atoms with E-state index in [2.05, 4.69) is 42.2 Å². The van der Waals surface area contributed by atoms with Crippen molar-refractivity contribution in [1.29, 1.82) is 0 Å². The van der Waals surface area contributed by atoms with Gasteiger partial charge in [0.25, 0.3) is 0 Å². The van der Waals surface area contributed by atoms with E-state index in [1.807, 2.05) is 6.07 Å². The van der Waals surface area contributed by atoms with Crippen LogP contribution in [-0.2, 0) is 6.42 Å². The lowest BCUT2D eigenvalue weighted by Crippen LogP contribution is -1.87. The lowest BCUT2D eigenvalue weighted by Gasteiger charge is -2.04. The molecular weight excluding hydrogens is 362 g/mol. The van der Waals surface area contributed by atoms with Crippen molar-refractivity contribution in [1.82, 2.24) is 4.98 Å². The number of benzene rings is 2. The first-order valence-electron chi connectivity index (χ1n) is 11.5. The first-order chi connectivity index (χ1) is 13.8. The Kier molecular flexibility index (Phi) is 8.73. The number of H-pyrrole nitrogens is 1. The Morgan fingerprint density at radius 3 is 1.82 bits per heavy atom. The van der Waals surface area contributed by atoms with Gasteiger partial charge in [-0.2, -0.15) is 0 Å². The molecule has 0 aliphatic carbocycles. The summed E-state index contributed by atoms with van der Waals surface area (Å²) >= 11 is 6.19. The van der Waals surface area contributed by atoms with Crippen molar-refractivity contribution < 1.29 is 0 Å². The van der Waals surface area contributed by atoms with Gasteiger partial charge < -0.3 is 4.98 Å². The van der Waals surface area contributed by atoms with Gasteiger partial charge in [0.15, 0.2) is 0 Å². The molecule has 0 aliphatic heterocycles. The van der Waals surface area contributed by atoms with Crippen LogP contribution in [0.5, 0.6) is 0 Å². The van der Waals surface area contributed by atoms with Crippen molar-refractivity contribution in [3.05, 3.63) is 47.0 Å². The summed E-state index contributed by atoms with van der Waals surface area (Å²) in [5, 5.41) is 3.34. The number of hydrogen-bond acceptors (Lipinski definition) is 0. The van der Waals surface area contributed by atoms with Gasteiger partial charge in [0.1, 0.15) is 0 Å². The number of halogens is 1. The van der Waals surface area contributed by atoms with Crippen LogP contribution >= 0.6 is 11.6 Å². The van der Waals surface area contributed by atoms with Gasteiger partial charge in [-0.1, -0.05) is 95.2 Å². The minimum absolute atomic E-state index is 0.805. The minimum atomic E-state index is 0.805. The fourth-order valence-corrected chi connectivity index (χ4v) is 4.41. The molecule has 0 fully saturated rings. The summed E-state index contributed by atoms with van der Waals surface area (Å²) < 4.78 is 0. The van der Waals surface area contributed by atoms with Gasteiger partial charge in [-0.05, 0) is 48.7 Å². The van der Waals surface area contributed by atoms with E-state index in [1.165, 1.54) is 111 Å². The number of nitrogens with one attached hydrogen (secondary N) is 1. The highest BCUT2D eigenvalue weighted by Gasteiger charge is 2.06. The zero-order valence-electron chi connectivity index (χ0n) is 17.5. The summed E-state index contributed by atoms with van der Waals surface area (Å²) in [7, 11) is 0. The van der Waals surface area contributed by atoms with Crippen molar-refractivity contribution in [2.75, 3.05) is 0 Å². The van der Waals surface area contributed by atoms with Crippen molar-refractivity contribution >= 4 is 33.4 Å². The fourth-order valence-electron chi connectivity index (χ4n) is 4.24. The van der Waals surface area contributed by atoms with Crippen molar-refractivity contribution in [2.45, 2.75) is 90.4 Å². The van der Waals surface area contributed by atoms with Crippen molar-refractivity contribution in [2.24, 2.45) is 0 Å². The minimum Gasteiger partial charge on any atom is -0.355 e. The predicted molar refractivity (Wildman–Crippen MR) is 126 cm³/mol. The van der Waals surface area contributed by atoms with Gasteiger partial charge in [-0.15, -0.1) is 0 Å². The number of unbranched alkanes of at least 4 members (excludes halogenated alkanes) is 11. The van der Waals surface area contributed by atoms with Crippen LogP contribution in [0.25, 0.3) is 21.8 Å². The molecule has 152 valence electrons. The Morgan fingerprint density at radius 2 is 1.18 bits per heavy atom. The van der Waals surface area contributed by atoms with E-state index in [-0.39, 0.29) is 0 Å². The monoisotopic (exact) mass is 397 g/mol. The van der Waals surface area contributed by atoms with Crippen LogP contribution in [0, 0.1) is 0 Å². The van der Waals surface area contributed by atoms with Crippen molar-refractivity contribution in [3.8, 4) is 0 Å². The lowest BCUT2D eigenvalue weighted by atomic mass is 10.0. The Bertz CT molecular complexity index is 848. The highest BCUT2D eigenvalue weighted by molar-refractivity contribution is 6.31. The standard InChI is InChI=1S/C26H36ClN/c1-2-3-4-5-6-7-8-9-10-11-12-13-14-21-15-17-25-23(19-21)24-20-22(27)16-18-26(24)28-25/h15-20,28H,2-14H2,1H3. The Hall–Kier alpha value is -1.47. The molecule has 28 heavy (non-hydrogen) atoms. The van der Waals surface area contributed by atoms with Crippen LogP contribution in [0.2, 0.25) is 5.02 Å². The second kappa shape index (κ2) is 11.5. The van der Waals surface area contributed by atoms with Crippen LogP contribution in [0.1, 0.15) is 89.5 Å². The van der Waals surface area contributed by atoms with Gasteiger partial charge in [-0.25, -0.2) is 0 Å². The van der Waals surface area contributed by atoms with E-state index >= 15 is 0 Å². The average Bonchev–Trinajstić information content (AvgIpc) is 3.06. The maximum atomic E-state index is 6.19. The first-order valence-corrected chi connectivity index (χ1v) is 11.9. The third-order valence-electron chi connectivity index (χ3n) is 5.94. The summed E-state index contributed by atoms with van der Waals surface area (Å²) in [6, 6.07) is 12.9. The molecule has 3 aromatic rings. The average molecular weight is 398 g/mol. The van der Waals surface area contributed by atoms with E-state index in [4.69, 9.17) is 11.6 Å². The van der Waals surface area contributed by atoms with Crippen LogP contribution in [-0.4, -0.2) is 4.98 Å². The van der Waals surface area contributed by atoms with E-state index in [9.17, 15) is 0 Å². The van der Waals surface area contributed by atoms with Crippen LogP contribution < -0.4 is 0 Å². The normalized spacial score (nSPS) is 11.6. The van der Waals surface area contributed by atoms with Gasteiger partial charge >= 0.3 is 0 Å². The van der Waals surface area contributed by atoms with Crippen LogP contribution in [0.15, 0.2) is 36.4 Å². The summed E-state index contributed by atoms with van der Waals surface area (Å²) in [6.07, 6.45) is 18.0. The third-order valence-corrected chi connectivity index (χ3v) is 6.18. The maximum Gasteiger partial charge on any atom is 0.0465 e. The number of aromatic amines is 1. The second-order valence-electron chi connectivity index (χ2n) is 8.33. The molecule has 0 bridgehead atoms. The highest BCUT2D eigenvalue weighted by atomic mass is 35.5. The third kappa shape index (κ3) is 6.27. The largest absolute Gasteiger partial charge is 0.355 e. The summed E-state index contributed by atoms with van der Waals surface area (Å²) in [6.45, 7) is 2.29. The molecule has 0 saturated heterocycles. The van der Waals surface area contributed by atoms with Crippen molar-refractivity contribution in [3.63, 3.8) is 0 Å². The molecule has 2 aromatic carbocycles. The Balaban J connectivity index is 1.33. The Morgan fingerprint density at radius 1 is 0.643 bits per heavy atom. The Labute approximate surface area is 175 Å². The molecule has 1 heterocycles.